The molecule has 2 heterocycles. The molecule has 8 heteroatoms. The number of aryl methyl sites for hydroxylation is 2. The van der Waals surface area contributed by atoms with E-state index in [2.05, 4.69) is 15.5 Å². The number of rotatable bonds is 5. The van der Waals surface area contributed by atoms with E-state index >= 15 is 0 Å². The van der Waals surface area contributed by atoms with Crippen LogP contribution in [0.15, 0.2) is 18.5 Å². The van der Waals surface area contributed by atoms with Crippen molar-refractivity contribution >= 4 is 18.1 Å². The predicted octanol–water partition coefficient (Wildman–Crippen LogP) is 2.84. The maximum absolute atomic E-state index is 12.6. The zero-order chi connectivity index (χ0) is 13.1. The van der Waals surface area contributed by atoms with E-state index in [0.717, 1.165) is 17.9 Å². The Balaban J connectivity index is 0.00000180. The molecule has 19 heavy (non-hydrogen) atoms. The van der Waals surface area contributed by atoms with Crippen molar-refractivity contribution in [1.82, 2.24) is 19.6 Å². The second-order valence-corrected chi connectivity index (χ2v) is 3.88. The first-order valence-electron chi connectivity index (χ1n) is 5.70. The molecule has 2 rings (SSSR count). The number of hydrogen-bond acceptors (Lipinski definition) is 3. The summed E-state index contributed by atoms with van der Waals surface area (Å²) in [5.74, 6) is 0. The van der Waals surface area contributed by atoms with E-state index in [1.807, 2.05) is 20.0 Å². The van der Waals surface area contributed by atoms with Crippen molar-refractivity contribution in [3.05, 3.63) is 29.8 Å². The quantitative estimate of drug-likeness (QED) is 0.921. The van der Waals surface area contributed by atoms with Crippen molar-refractivity contribution in [2.24, 2.45) is 0 Å². The highest BCUT2D eigenvalue weighted by Crippen LogP contribution is 2.16. The van der Waals surface area contributed by atoms with Gasteiger partial charge in [0.05, 0.1) is 23.6 Å². The first-order valence-corrected chi connectivity index (χ1v) is 5.70. The molecule has 0 spiro atoms. The van der Waals surface area contributed by atoms with Crippen molar-refractivity contribution in [3.8, 4) is 0 Å². The SMILES string of the molecule is CCn1cc(NCc2ccnn2C(F)F)c(C)n1.Cl. The van der Waals surface area contributed by atoms with E-state index in [-0.39, 0.29) is 12.4 Å². The third kappa shape index (κ3) is 3.44. The van der Waals surface area contributed by atoms with Crippen molar-refractivity contribution in [3.63, 3.8) is 0 Å². The zero-order valence-electron chi connectivity index (χ0n) is 10.7. The summed E-state index contributed by atoms with van der Waals surface area (Å²) in [6.07, 6.45) is 3.23. The number of nitrogens with one attached hydrogen (secondary N) is 1. The van der Waals surface area contributed by atoms with Crippen LogP contribution >= 0.6 is 12.4 Å². The summed E-state index contributed by atoms with van der Waals surface area (Å²) < 4.78 is 27.7. The smallest absolute Gasteiger partial charge is 0.333 e. The summed E-state index contributed by atoms with van der Waals surface area (Å²) in [5, 5.41) is 10.9. The van der Waals surface area contributed by atoms with Gasteiger partial charge in [-0.15, -0.1) is 12.4 Å². The van der Waals surface area contributed by atoms with Gasteiger partial charge < -0.3 is 5.32 Å². The van der Waals surface area contributed by atoms with Crippen LogP contribution in [0, 0.1) is 6.92 Å². The van der Waals surface area contributed by atoms with E-state index in [0.29, 0.717) is 16.9 Å². The molecule has 2 aromatic heterocycles. The van der Waals surface area contributed by atoms with Crippen LogP contribution in [0.3, 0.4) is 0 Å². The standard InChI is InChI=1S/C11H15F2N5.ClH/c1-3-17-7-10(8(2)16-17)14-6-9-4-5-15-18(9)11(12)13;/h4-5,7,11,14H,3,6H2,1-2H3;1H. The molecule has 5 nitrogen and oxygen atoms in total. The lowest BCUT2D eigenvalue weighted by Crippen LogP contribution is -2.09. The van der Waals surface area contributed by atoms with Crippen LogP contribution < -0.4 is 5.32 Å². The molecule has 0 aliphatic rings. The fourth-order valence-electron chi connectivity index (χ4n) is 1.70. The van der Waals surface area contributed by atoms with Crippen molar-refractivity contribution in [2.75, 3.05) is 5.32 Å². The molecule has 0 fully saturated rings. The molecule has 0 aromatic carbocycles. The topological polar surface area (TPSA) is 47.7 Å². The Morgan fingerprint density at radius 3 is 2.74 bits per heavy atom. The van der Waals surface area contributed by atoms with Gasteiger partial charge in [0, 0.05) is 18.9 Å². The Morgan fingerprint density at radius 1 is 1.42 bits per heavy atom. The van der Waals surface area contributed by atoms with E-state index in [1.54, 1.807) is 10.7 Å². The second-order valence-electron chi connectivity index (χ2n) is 3.88. The Bertz CT molecular complexity index is 523. The summed E-state index contributed by atoms with van der Waals surface area (Å²) in [7, 11) is 0. The van der Waals surface area contributed by atoms with Crippen LogP contribution in [0.5, 0.6) is 0 Å². The van der Waals surface area contributed by atoms with Crippen molar-refractivity contribution in [1.29, 1.82) is 0 Å². The molecule has 1 N–H and O–H groups in total. The summed E-state index contributed by atoms with van der Waals surface area (Å²) >= 11 is 0. The van der Waals surface area contributed by atoms with Gasteiger partial charge >= 0.3 is 6.55 Å². The molecule has 0 saturated heterocycles. The first-order chi connectivity index (χ1) is 8.61. The third-order valence-electron chi connectivity index (χ3n) is 2.67. The Kier molecular flexibility index (Phi) is 5.29. The van der Waals surface area contributed by atoms with Crippen molar-refractivity contribution in [2.45, 2.75) is 33.5 Å². The van der Waals surface area contributed by atoms with Crippen LogP contribution in [0.25, 0.3) is 0 Å². The molecule has 0 saturated carbocycles. The van der Waals surface area contributed by atoms with Gasteiger partial charge in [0.1, 0.15) is 0 Å². The Labute approximate surface area is 116 Å². The molecule has 0 unspecified atom stereocenters. The minimum absolute atomic E-state index is 0. The van der Waals surface area contributed by atoms with E-state index < -0.39 is 6.55 Å². The van der Waals surface area contributed by atoms with Crippen LogP contribution in [0.1, 0.15) is 24.9 Å². The molecule has 0 amide bonds. The molecule has 0 aliphatic carbocycles. The first kappa shape index (κ1) is 15.4. The number of anilines is 1. The number of hydrogen-bond donors (Lipinski definition) is 1. The lowest BCUT2D eigenvalue weighted by atomic mass is 10.3. The van der Waals surface area contributed by atoms with Gasteiger partial charge in [0.2, 0.25) is 0 Å². The van der Waals surface area contributed by atoms with Crippen LogP contribution in [-0.2, 0) is 13.1 Å². The second kappa shape index (κ2) is 6.51. The van der Waals surface area contributed by atoms with Gasteiger partial charge in [-0.1, -0.05) is 0 Å². The normalized spacial score (nSPS) is 10.6. The van der Waals surface area contributed by atoms with E-state index in [4.69, 9.17) is 0 Å². The highest BCUT2D eigenvalue weighted by Gasteiger charge is 2.12. The lowest BCUT2D eigenvalue weighted by Gasteiger charge is -2.07. The number of alkyl halides is 2. The average Bonchev–Trinajstić information content (AvgIpc) is 2.92. The van der Waals surface area contributed by atoms with Crippen LogP contribution in [0.4, 0.5) is 14.5 Å². The molecular formula is C11H16ClF2N5. The van der Waals surface area contributed by atoms with Gasteiger partial charge in [-0.05, 0) is 19.9 Å². The monoisotopic (exact) mass is 291 g/mol. The summed E-state index contributed by atoms with van der Waals surface area (Å²) in [6.45, 7) is 2.32. The molecule has 106 valence electrons. The fraction of sp³-hybridized carbons (Fsp3) is 0.455. The maximum atomic E-state index is 12.6. The number of halogens is 3. The zero-order valence-corrected chi connectivity index (χ0v) is 11.5. The molecule has 0 atom stereocenters. The minimum atomic E-state index is -2.61. The molecule has 2 aromatic rings. The Morgan fingerprint density at radius 2 is 2.16 bits per heavy atom. The van der Waals surface area contributed by atoms with Gasteiger partial charge in [-0.2, -0.15) is 19.0 Å². The highest BCUT2D eigenvalue weighted by atomic mass is 35.5. The van der Waals surface area contributed by atoms with Crippen molar-refractivity contribution < 1.29 is 8.78 Å². The van der Waals surface area contributed by atoms with Gasteiger partial charge in [-0.25, -0.2) is 4.68 Å². The average molecular weight is 292 g/mol. The largest absolute Gasteiger partial charge is 0.377 e. The summed E-state index contributed by atoms with van der Waals surface area (Å²) in [5.41, 5.74) is 2.13. The van der Waals surface area contributed by atoms with Crippen LogP contribution in [-0.4, -0.2) is 19.6 Å². The molecule has 0 bridgehead atoms. The maximum Gasteiger partial charge on any atom is 0.333 e. The molecule has 0 radical (unpaired) electrons. The fourth-order valence-corrected chi connectivity index (χ4v) is 1.70. The summed E-state index contributed by atoms with van der Waals surface area (Å²) in [4.78, 5) is 0. The predicted molar refractivity (Wildman–Crippen MR) is 70.7 cm³/mol. The highest BCUT2D eigenvalue weighted by molar-refractivity contribution is 5.85. The van der Waals surface area contributed by atoms with E-state index in [9.17, 15) is 8.78 Å². The van der Waals surface area contributed by atoms with Crippen LogP contribution in [0.2, 0.25) is 0 Å². The van der Waals surface area contributed by atoms with Gasteiger partial charge in [-0.3, -0.25) is 4.68 Å². The number of nitrogens with zero attached hydrogens (tertiary/aromatic N) is 4. The van der Waals surface area contributed by atoms with E-state index in [1.165, 1.54) is 6.20 Å². The summed E-state index contributed by atoms with van der Waals surface area (Å²) in [6, 6.07) is 1.57. The van der Waals surface area contributed by atoms with Gasteiger partial charge in [0.15, 0.2) is 0 Å². The minimum Gasteiger partial charge on any atom is -0.377 e. The lowest BCUT2D eigenvalue weighted by molar-refractivity contribution is 0.0537. The molecular weight excluding hydrogens is 276 g/mol. The van der Waals surface area contributed by atoms with Gasteiger partial charge in [0.25, 0.3) is 0 Å². The molecule has 0 aliphatic heterocycles. The Hall–Kier alpha value is -1.63. The number of aromatic nitrogens is 4. The third-order valence-corrected chi connectivity index (χ3v) is 2.67.